The van der Waals surface area contributed by atoms with Crippen LogP contribution in [0.1, 0.15) is 11.3 Å². The largest absolute Gasteiger partial charge is 0.379 e. The zero-order valence-electron chi connectivity index (χ0n) is 8.49. The molecule has 1 aromatic heterocycles. The first-order valence-electron chi connectivity index (χ1n) is 4.69. The van der Waals surface area contributed by atoms with Gasteiger partial charge in [0.05, 0.1) is 29.2 Å². The summed E-state index contributed by atoms with van der Waals surface area (Å²) in [5.41, 5.74) is 7.91. The third kappa shape index (κ3) is 1.67. The van der Waals surface area contributed by atoms with E-state index in [1.165, 1.54) is 10.6 Å². The van der Waals surface area contributed by atoms with Gasteiger partial charge in [0.15, 0.2) is 0 Å². The van der Waals surface area contributed by atoms with Crippen molar-refractivity contribution in [1.82, 2.24) is 9.78 Å². The number of ether oxygens (including phenoxy) is 1. The summed E-state index contributed by atoms with van der Waals surface area (Å²) < 4.78 is 7.06. The molecule has 0 amide bonds. The zero-order chi connectivity index (χ0) is 10.1. The first-order valence-corrected chi connectivity index (χ1v) is 5.57. The number of aromatic nitrogens is 2. The van der Waals surface area contributed by atoms with Crippen molar-refractivity contribution >= 4 is 11.8 Å². The van der Waals surface area contributed by atoms with Crippen LogP contribution in [0.15, 0.2) is 5.03 Å². The van der Waals surface area contributed by atoms with E-state index < -0.39 is 0 Å². The van der Waals surface area contributed by atoms with Crippen molar-refractivity contribution < 1.29 is 4.74 Å². The van der Waals surface area contributed by atoms with Crippen LogP contribution in [-0.4, -0.2) is 28.2 Å². The minimum Gasteiger partial charge on any atom is -0.379 e. The molecule has 0 atom stereocenters. The second kappa shape index (κ2) is 3.92. The van der Waals surface area contributed by atoms with E-state index in [-0.39, 0.29) is 0 Å². The minimum absolute atomic E-state index is 0.565. The van der Waals surface area contributed by atoms with Crippen molar-refractivity contribution in [2.75, 3.05) is 13.2 Å². The monoisotopic (exact) mass is 213 g/mol. The van der Waals surface area contributed by atoms with Crippen molar-refractivity contribution in [3.05, 3.63) is 11.3 Å². The van der Waals surface area contributed by atoms with Gasteiger partial charge in [-0.3, -0.25) is 4.68 Å². The van der Waals surface area contributed by atoms with Crippen molar-refractivity contribution in [2.24, 2.45) is 12.8 Å². The number of nitrogens with zero attached hydrogens (tertiary/aromatic N) is 2. The van der Waals surface area contributed by atoms with E-state index >= 15 is 0 Å². The summed E-state index contributed by atoms with van der Waals surface area (Å²) in [6.07, 6.45) is 0. The van der Waals surface area contributed by atoms with Gasteiger partial charge in [-0.15, -0.1) is 0 Å². The van der Waals surface area contributed by atoms with Crippen LogP contribution >= 0.6 is 11.8 Å². The smallest absolute Gasteiger partial charge is 0.0988 e. The molecule has 2 rings (SSSR count). The number of rotatable bonds is 3. The lowest BCUT2D eigenvalue weighted by Gasteiger charge is -2.25. The Hall–Kier alpha value is -0.520. The second-order valence-electron chi connectivity index (χ2n) is 3.47. The van der Waals surface area contributed by atoms with Gasteiger partial charge in [0.2, 0.25) is 0 Å². The molecule has 14 heavy (non-hydrogen) atoms. The molecule has 5 heteroatoms. The molecule has 1 fully saturated rings. The van der Waals surface area contributed by atoms with E-state index in [1.54, 1.807) is 0 Å². The summed E-state index contributed by atoms with van der Waals surface area (Å²) in [7, 11) is 1.97. The highest BCUT2D eigenvalue weighted by molar-refractivity contribution is 8.00. The normalized spacial score (nSPS) is 17.1. The fourth-order valence-corrected chi connectivity index (χ4v) is 2.71. The maximum absolute atomic E-state index is 5.70. The standard InChI is InChI=1S/C9H15N3OS/c1-6-8(3-10)9(12(2)11-6)14-7-4-13-5-7/h7H,3-5,10H2,1-2H3. The summed E-state index contributed by atoms with van der Waals surface area (Å²) in [4.78, 5) is 0. The van der Waals surface area contributed by atoms with Gasteiger partial charge in [-0.1, -0.05) is 11.8 Å². The maximum atomic E-state index is 5.70. The summed E-state index contributed by atoms with van der Waals surface area (Å²) in [6, 6.07) is 0. The summed E-state index contributed by atoms with van der Waals surface area (Å²) in [5.74, 6) is 0. The number of hydrogen-bond acceptors (Lipinski definition) is 4. The van der Waals surface area contributed by atoms with Gasteiger partial charge >= 0.3 is 0 Å². The molecule has 0 radical (unpaired) electrons. The Morgan fingerprint density at radius 3 is 2.86 bits per heavy atom. The fraction of sp³-hybridized carbons (Fsp3) is 0.667. The molecule has 0 aromatic carbocycles. The Labute approximate surface area is 87.8 Å². The topological polar surface area (TPSA) is 53.1 Å². The van der Waals surface area contributed by atoms with Crippen LogP contribution in [0.5, 0.6) is 0 Å². The Bertz CT molecular complexity index is 333. The molecule has 78 valence electrons. The van der Waals surface area contributed by atoms with E-state index in [0.29, 0.717) is 11.8 Å². The lowest BCUT2D eigenvalue weighted by molar-refractivity contribution is 0.0454. The average Bonchev–Trinajstić information content (AvgIpc) is 2.33. The summed E-state index contributed by atoms with van der Waals surface area (Å²) >= 11 is 1.82. The van der Waals surface area contributed by atoms with Crippen LogP contribution in [0.3, 0.4) is 0 Å². The van der Waals surface area contributed by atoms with E-state index in [0.717, 1.165) is 18.9 Å². The quantitative estimate of drug-likeness (QED) is 0.802. The van der Waals surface area contributed by atoms with Crippen LogP contribution in [0.2, 0.25) is 0 Å². The van der Waals surface area contributed by atoms with E-state index in [4.69, 9.17) is 10.5 Å². The van der Waals surface area contributed by atoms with Crippen molar-refractivity contribution in [1.29, 1.82) is 0 Å². The molecule has 0 bridgehead atoms. The van der Waals surface area contributed by atoms with Gasteiger partial charge in [0, 0.05) is 19.2 Å². The molecule has 1 aliphatic rings. The van der Waals surface area contributed by atoms with Crippen LogP contribution in [0.4, 0.5) is 0 Å². The summed E-state index contributed by atoms with van der Waals surface area (Å²) in [5, 5.41) is 6.14. The van der Waals surface area contributed by atoms with Gasteiger partial charge in [0.1, 0.15) is 0 Å². The second-order valence-corrected chi connectivity index (χ2v) is 4.76. The van der Waals surface area contributed by atoms with Crippen LogP contribution < -0.4 is 5.73 Å². The Kier molecular flexibility index (Phi) is 2.80. The molecular weight excluding hydrogens is 198 g/mol. The molecule has 1 aliphatic heterocycles. The van der Waals surface area contributed by atoms with Gasteiger partial charge in [-0.2, -0.15) is 5.10 Å². The minimum atomic E-state index is 0.565. The predicted molar refractivity (Wildman–Crippen MR) is 56.3 cm³/mol. The highest BCUT2D eigenvalue weighted by Gasteiger charge is 2.23. The molecule has 0 spiro atoms. The average molecular weight is 213 g/mol. The van der Waals surface area contributed by atoms with Crippen molar-refractivity contribution in [3.63, 3.8) is 0 Å². The fourth-order valence-electron chi connectivity index (χ4n) is 1.50. The van der Waals surface area contributed by atoms with Crippen LogP contribution in [-0.2, 0) is 18.3 Å². The van der Waals surface area contributed by atoms with Gasteiger partial charge < -0.3 is 10.5 Å². The lowest BCUT2D eigenvalue weighted by atomic mass is 10.3. The van der Waals surface area contributed by atoms with Gasteiger partial charge in [-0.05, 0) is 6.92 Å². The number of nitrogens with two attached hydrogens (primary N) is 1. The summed E-state index contributed by atoms with van der Waals surface area (Å²) in [6.45, 7) is 4.26. The maximum Gasteiger partial charge on any atom is 0.0988 e. The van der Waals surface area contributed by atoms with Crippen molar-refractivity contribution in [3.8, 4) is 0 Å². The number of thioether (sulfide) groups is 1. The van der Waals surface area contributed by atoms with Gasteiger partial charge in [-0.25, -0.2) is 0 Å². The number of aryl methyl sites for hydroxylation is 2. The Morgan fingerprint density at radius 2 is 2.36 bits per heavy atom. The van der Waals surface area contributed by atoms with E-state index in [9.17, 15) is 0 Å². The highest BCUT2D eigenvalue weighted by Crippen LogP contribution is 2.31. The van der Waals surface area contributed by atoms with Gasteiger partial charge in [0.25, 0.3) is 0 Å². The molecule has 4 nitrogen and oxygen atoms in total. The van der Waals surface area contributed by atoms with Crippen molar-refractivity contribution in [2.45, 2.75) is 23.7 Å². The van der Waals surface area contributed by atoms with Crippen LogP contribution in [0.25, 0.3) is 0 Å². The molecule has 1 aromatic rings. The van der Waals surface area contributed by atoms with E-state index in [1.807, 2.05) is 30.4 Å². The molecule has 0 saturated carbocycles. The molecule has 0 aliphatic carbocycles. The third-order valence-electron chi connectivity index (χ3n) is 2.38. The number of hydrogen-bond donors (Lipinski definition) is 1. The predicted octanol–water partition coefficient (Wildman–Crippen LogP) is 0.678. The highest BCUT2D eigenvalue weighted by atomic mass is 32.2. The lowest BCUT2D eigenvalue weighted by Crippen LogP contribution is -2.30. The SMILES string of the molecule is Cc1nn(C)c(SC2COC2)c1CN. The molecule has 0 unspecified atom stereocenters. The zero-order valence-corrected chi connectivity index (χ0v) is 9.30. The third-order valence-corrected chi connectivity index (χ3v) is 3.72. The first-order chi connectivity index (χ1) is 6.72. The molecule has 2 N–H and O–H groups in total. The molecule has 1 saturated heterocycles. The molecular formula is C9H15N3OS. The Balaban J connectivity index is 2.20. The molecule has 2 heterocycles. The Morgan fingerprint density at radius 1 is 1.64 bits per heavy atom. The first kappa shape index (κ1) is 10.0. The van der Waals surface area contributed by atoms with Crippen LogP contribution in [0, 0.1) is 6.92 Å². The van der Waals surface area contributed by atoms with E-state index in [2.05, 4.69) is 5.10 Å².